The van der Waals surface area contributed by atoms with Crippen LogP contribution in [0.4, 0.5) is 5.69 Å². The van der Waals surface area contributed by atoms with Crippen molar-refractivity contribution in [2.75, 3.05) is 32.0 Å². The Kier molecular flexibility index (Phi) is 4.29. The molecule has 2 atom stereocenters. The van der Waals surface area contributed by atoms with Gasteiger partial charge in [0.25, 0.3) is 0 Å². The van der Waals surface area contributed by atoms with Crippen molar-refractivity contribution in [1.82, 2.24) is 10.2 Å². The maximum Gasteiger partial charge on any atom is 0.220 e. The molecule has 3 rings (SSSR count). The van der Waals surface area contributed by atoms with Crippen molar-refractivity contribution in [2.24, 2.45) is 5.92 Å². The van der Waals surface area contributed by atoms with Gasteiger partial charge in [-0.2, -0.15) is 0 Å². The number of nitrogen functional groups attached to an aromatic ring is 1. The number of anilines is 1. The molecule has 0 radical (unpaired) electrons. The van der Waals surface area contributed by atoms with Gasteiger partial charge in [-0.15, -0.1) is 0 Å². The summed E-state index contributed by atoms with van der Waals surface area (Å²) >= 11 is 0. The first-order valence-corrected chi connectivity index (χ1v) is 7.71. The van der Waals surface area contributed by atoms with Crippen LogP contribution in [0.5, 0.6) is 5.75 Å². The second kappa shape index (κ2) is 6.35. The Bertz CT molecular complexity index is 489. The Hall–Kier alpha value is -1.75. The molecule has 2 fully saturated rings. The van der Waals surface area contributed by atoms with Crippen LogP contribution < -0.4 is 15.8 Å². The highest BCUT2D eigenvalue weighted by Gasteiger charge is 2.33. The first-order valence-electron chi connectivity index (χ1n) is 7.71. The highest BCUT2D eigenvalue weighted by molar-refractivity contribution is 5.77. The van der Waals surface area contributed by atoms with Gasteiger partial charge in [-0.1, -0.05) is 0 Å². The Morgan fingerprint density at radius 1 is 1.29 bits per heavy atom. The van der Waals surface area contributed by atoms with E-state index in [1.54, 1.807) is 0 Å². The molecule has 114 valence electrons. The molecule has 1 aromatic carbocycles. The van der Waals surface area contributed by atoms with E-state index in [2.05, 4.69) is 10.2 Å². The number of ether oxygens (including phenoxy) is 1. The van der Waals surface area contributed by atoms with Crippen LogP contribution in [-0.4, -0.2) is 43.1 Å². The number of nitrogens with zero attached hydrogens (tertiary/aromatic N) is 1. The topological polar surface area (TPSA) is 67.6 Å². The van der Waals surface area contributed by atoms with Crippen LogP contribution in [0.15, 0.2) is 24.3 Å². The van der Waals surface area contributed by atoms with Gasteiger partial charge in [0.15, 0.2) is 0 Å². The van der Waals surface area contributed by atoms with Gasteiger partial charge in [0, 0.05) is 37.8 Å². The number of carbonyl (C=O) groups excluding carboxylic acids is 1. The van der Waals surface area contributed by atoms with Crippen LogP contribution in [0.1, 0.15) is 19.3 Å². The zero-order valence-electron chi connectivity index (χ0n) is 12.3. The van der Waals surface area contributed by atoms with Crippen LogP contribution >= 0.6 is 0 Å². The minimum Gasteiger partial charge on any atom is -0.492 e. The third-order valence-electron chi connectivity index (χ3n) is 4.46. The average molecular weight is 289 g/mol. The molecule has 1 amide bonds. The summed E-state index contributed by atoms with van der Waals surface area (Å²) in [6.07, 6.45) is 2.75. The number of nitrogens with two attached hydrogens (primary N) is 1. The van der Waals surface area contributed by atoms with E-state index in [1.807, 2.05) is 24.3 Å². The number of rotatable bonds is 4. The fourth-order valence-corrected chi connectivity index (χ4v) is 3.25. The number of amides is 1. The van der Waals surface area contributed by atoms with Gasteiger partial charge in [0.1, 0.15) is 12.4 Å². The van der Waals surface area contributed by atoms with E-state index in [-0.39, 0.29) is 5.91 Å². The van der Waals surface area contributed by atoms with Gasteiger partial charge >= 0.3 is 0 Å². The summed E-state index contributed by atoms with van der Waals surface area (Å²) in [6.45, 7) is 3.72. The van der Waals surface area contributed by atoms with Crippen molar-refractivity contribution >= 4 is 11.6 Å². The smallest absolute Gasteiger partial charge is 0.220 e. The Morgan fingerprint density at radius 3 is 2.90 bits per heavy atom. The molecule has 0 bridgehead atoms. The number of piperidine rings is 2. The van der Waals surface area contributed by atoms with E-state index >= 15 is 0 Å². The first-order chi connectivity index (χ1) is 10.2. The Morgan fingerprint density at radius 2 is 2.10 bits per heavy atom. The minimum atomic E-state index is 0.219. The molecule has 2 saturated heterocycles. The van der Waals surface area contributed by atoms with Gasteiger partial charge in [0.2, 0.25) is 5.91 Å². The predicted molar refractivity (Wildman–Crippen MR) is 82.1 cm³/mol. The highest BCUT2D eigenvalue weighted by atomic mass is 16.5. The molecule has 2 unspecified atom stereocenters. The maximum atomic E-state index is 11.4. The van der Waals surface area contributed by atoms with Crippen LogP contribution in [0.25, 0.3) is 0 Å². The predicted octanol–water partition coefficient (Wildman–Crippen LogP) is 1.25. The van der Waals surface area contributed by atoms with Crippen molar-refractivity contribution < 1.29 is 9.53 Å². The molecule has 2 heterocycles. The van der Waals surface area contributed by atoms with Gasteiger partial charge < -0.3 is 15.8 Å². The third kappa shape index (κ3) is 3.67. The summed E-state index contributed by atoms with van der Waals surface area (Å²) in [7, 11) is 0. The van der Waals surface area contributed by atoms with Crippen molar-refractivity contribution in [1.29, 1.82) is 0 Å². The first kappa shape index (κ1) is 14.2. The summed E-state index contributed by atoms with van der Waals surface area (Å²) in [5.74, 6) is 1.69. The standard InChI is InChI=1S/C16H23N3O2/c17-13-2-4-14(5-3-13)21-10-9-19-8-7-15-12(11-19)1-6-16(20)18-15/h2-5,12,15H,1,6-11,17H2,(H,18,20). The normalized spacial score (nSPS) is 26.0. The quantitative estimate of drug-likeness (QED) is 0.819. The number of hydrogen-bond acceptors (Lipinski definition) is 4. The molecule has 5 nitrogen and oxygen atoms in total. The second-order valence-corrected chi connectivity index (χ2v) is 5.98. The van der Waals surface area contributed by atoms with Crippen LogP contribution in [-0.2, 0) is 4.79 Å². The van der Waals surface area contributed by atoms with Crippen molar-refractivity contribution in [2.45, 2.75) is 25.3 Å². The van der Waals surface area contributed by atoms with E-state index < -0.39 is 0 Å². The molecular formula is C16H23N3O2. The number of likely N-dealkylation sites (tertiary alicyclic amines) is 1. The Balaban J connectivity index is 1.42. The zero-order chi connectivity index (χ0) is 14.7. The average Bonchev–Trinajstić information content (AvgIpc) is 2.49. The molecule has 2 aliphatic rings. The largest absolute Gasteiger partial charge is 0.492 e. The lowest BCUT2D eigenvalue weighted by Crippen LogP contribution is -2.54. The molecule has 2 aliphatic heterocycles. The second-order valence-electron chi connectivity index (χ2n) is 5.98. The molecule has 0 spiro atoms. The highest BCUT2D eigenvalue weighted by Crippen LogP contribution is 2.25. The summed E-state index contributed by atoms with van der Waals surface area (Å²) in [5, 5.41) is 3.12. The molecule has 0 aromatic heterocycles. The number of nitrogens with one attached hydrogen (secondary N) is 1. The Labute approximate surface area is 125 Å². The van der Waals surface area contributed by atoms with E-state index in [1.165, 1.54) is 0 Å². The maximum absolute atomic E-state index is 11.4. The van der Waals surface area contributed by atoms with Gasteiger partial charge in [0.05, 0.1) is 0 Å². The summed E-state index contributed by atoms with van der Waals surface area (Å²) < 4.78 is 5.75. The van der Waals surface area contributed by atoms with E-state index in [9.17, 15) is 4.79 Å². The van der Waals surface area contributed by atoms with Crippen LogP contribution in [0.3, 0.4) is 0 Å². The summed E-state index contributed by atoms with van der Waals surface area (Å²) in [6, 6.07) is 7.90. The van der Waals surface area contributed by atoms with Crippen LogP contribution in [0.2, 0.25) is 0 Å². The molecule has 0 saturated carbocycles. The fraction of sp³-hybridized carbons (Fsp3) is 0.562. The van der Waals surface area contributed by atoms with Gasteiger partial charge in [-0.3, -0.25) is 9.69 Å². The van der Waals surface area contributed by atoms with Crippen molar-refractivity contribution in [3.8, 4) is 5.75 Å². The van der Waals surface area contributed by atoms with Gasteiger partial charge in [-0.25, -0.2) is 0 Å². The third-order valence-corrected chi connectivity index (χ3v) is 4.46. The molecule has 21 heavy (non-hydrogen) atoms. The lowest BCUT2D eigenvalue weighted by molar-refractivity contribution is -0.125. The van der Waals surface area contributed by atoms with Crippen molar-refractivity contribution in [3.63, 3.8) is 0 Å². The fourth-order valence-electron chi connectivity index (χ4n) is 3.25. The van der Waals surface area contributed by atoms with Gasteiger partial charge in [-0.05, 0) is 43.0 Å². The van der Waals surface area contributed by atoms with Crippen molar-refractivity contribution in [3.05, 3.63) is 24.3 Å². The number of benzene rings is 1. The minimum absolute atomic E-state index is 0.219. The monoisotopic (exact) mass is 289 g/mol. The summed E-state index contributed by atoms with van der Waals surface area (Å²) in [5.41, 5.74) is 6.40. The molecule has 5 heteroatoms. The zero-order valence-corrected chi connectivity index (χ0v) is 12.3. The lowest BCUT2D eigenvalue weighted by atomic mass is 9.85. The van der Waals surface area contributed by atoms with Crippen LogP contribution in [0, 0.1) is 5.92 Å². The molecule has 0 aliphatic carbocycles. The lowest BCUT2D eigenvalue weighted by Gasteiger charge is -2.41. The number of fused-ring (bicyclic) bond motifs is 1. The molecular weight excluding hydrogens is 266 g/mol. The van der Waals surface area contributed by atoms with E-state index in [0.29, 0.717) is 25.0 Å². The number of carbonyl (C=O) groups is 1. The SMILES string of the molecule is Nc1ccc(OCCN2CCC3NC(=O)CCC3C2)cc1. The van der Waals surface area contributed by atoms with E-state index in [4.69, 9.17) is 10.5 Å². The molecule has 1 aromatic rings. The number of hydrogen-bond donors (Lipinski definition) is 2. The summed E-state index contributed by atoms with van der Waals surface area (Å²) in [4.78, 5) is 13.8. The molecule has 3 N–H and O–H groups in total. The van der Waals surface area contributed by atoms with E-state index in [0.717, 1.165) is 43.9 Å².